The highest BCUT2D eigenvalue weighted by atomic mass is 16.5. The van der Waals surface area contributed by atoms with Crippen LogP contribution < -0.4 is 0 Å². The van der Waals surface area contributed by atoms with Crippen LogP contribution in [0.2, 0.25) is 0 Å². The number of hydrogen-bond donors (Lipinski definition) is 2. The summed E-state index contributed by atoms with van der Waals surface area (Å²) in [5, 5.41) is 12.4. The molecule has 0 unspecified atom stereocenters. The third-order valence-electron chi connectivity index (χ3n) is 2.15. The van der Waals surface area contributed by atoms with Crippen LogP contribution in [0.15, 0.2) is 16.7 Å². The van der Waals surface area contributed by atoms with E-state index in [9.17, 15) is 4.79 Å². The number of H-pyrrole nitrogens is 1. The van der Waals surface area contributed by atoms with E-state index in [0.29, 0.717) is 5.69 Å². The van der Waals surface area contributed by atoms with Gasteiger partial charge in [-0.15, -0.1) is 0 Å². The van der Waals surface area contributed by atoms with Crippen LogP contribution in [0.4, 0.5) is 0 Å². The van der Waals surface area contributed by atoms with Crippen molar-refractivity contribution in [1.29, 1.82) is 0 Å². The van der Waals surface area contributed by atoms with E-state index in [4.69, 9.17) is 5.11 Å². The third kappa shape index (κ3) is 1.63. The molecule has 0 radical (unpaired) electrons. The van der Waals surface area contributed by atoms with Gasteiger partial charge in [0.05, 0.1) is 0 Å². The number of carboxylic acid groups (broad SMARTS) is 1. The lowest BCUT2D eigenvalue weighted by Crippen LogP contribution is -1.91. The van der Waals surface area contributed by atoms with Crippen LogP contribution in [0, 0.1) is 13.8 Å². The summed E-state index contributed by atoms with van der Waals surface area (Å²) in [6.07, 6.45) is 0. The Morgan fingerprint density at radius 2 is 2.20 bits per heavy atom. The Bertz CT molecular complexity index is 510. The van der Waals surface area contributed by atoms with E-state index in [-0.39, 0.29) is 5.76 Å². The van der Waals surface area contributed by atoms with Crippen molar-refractivity contribution in [3.63, 3.8) is 0 Å². The van der Waals surface area contributed by atoms with Crippen LogP contribution in [0.5, 0.6) is 0 Å². The molecule has 0 aliphatic carbocycles. The standard InChI is InChI=1S/C10H10N2O3/c1-5-3-7(6(2)11-5)8-4-9(10(13)14)15-12-8/h3-4,11H,1-2H3,(H,13,14). The molecule has 0 atom stereocenters. The number of carbonyl (C=O) groups is 1. The smallest absolute Gasteiger partial charge is 0.374 e. The second-order valence-corrected chi connectivity index (χ2v) is 3.37. The Kier molecular flexibility index (Phi) is 2.07. The number of aromatic amines is 1. The maximum absolute atomic E-state index is 10.6. The zero-order chi connectivity index (χ0) is 11.0. The van der Waals surface area contributed by atoms with Crippen molar-refractivity contribution in [2.45, 2.75) is 13.8 Å². The van der Waals surface area contributed by atoms with Gasteiger partial charge < -0.3 is 14.6 Å². The largest absolute Gasteiger partial charge is 0.475 e. The van der Waals surface area contributed by atoms with Gasteiger partial charge in [0.1, 0.15) is 5.69 Å². The fraction of sp³-hybridized carbons (Fsp3) is 0.200. The van der Waals surface area contributed by atoms with Crippen molar-refractivity contribution in [3.8, 4) is 11.3 Å². The van der Waals surface area contributed by atoms with Gasteiger partial charge in [-0.1, -0.05) is 5.16 Å². The molecule has 0 amide bonds. The fourth-order valence-electron chi connectivity index (χ4n) is 1.49. The molecule has 2 aromatic rings. The summed E-state index contributed by atoms with van der Waals surface area (Å²) in [6, 6.07) is 3.32. The van der Waals surface area contributed by atoms with Crippen LogP contribution in [-0.2, 0) is 0 Å². The average Bonchev–Trinajstić information content (AvgIpc) is 2.71. The van der Waals surface area contributed by atoms with Gasteiger partial charge in [0.25, 0.3) is 0 Å². The van der Waals surface area contributed by atoms with Crippen molar-refractivity contribution in [1.82, 2.24) is 10.1 Å². The first kappa shape index (κ1) is 9.51. The predicted octanol–water partition coefficient (Wildman–Crippen LogP) is 1.98. The van der Waals surface area contributed by atoms with E-state index in [2.05, 4.69) is 14.7 Å². The van der Waals surface area contributed by atoms with Crippen LogP contribution >= 0.6 is 0 Å². The van der Waals surface area contributed by atoms with Gasteiger partial charge in [-0.3, -0.25) is 0 Å². The predicted molar refractivity (Wildman–Crippen MR) is 52.7 cm³/mol. The van der Waals surface area contributed by atoms with E-state index >= 15 is 0 Å². The summed E-state index contributed by atoms with van der Waals surface area (Å²) in [7, 11) is 0. The van der Waals surface area contributed by atoms with Gasteiger partial charge in [-0.25, -0.2) is 4.79 Å². The Hall–Kier alpha value is -2.04. The third-order valence-corrected chi connectivity index (χ3v) is 2.15. The highest BCUT2D eigenvalue weighted by molar-refractivity contribution is 5.85. The molecule has 0 saturated carbocycles. The minimum Gasteiger partial charge on any atom is -0.475 e. The minimum absolute atomic E-state index is 0.150. The number of carboxylic acids is 1. The topological polar surface area (TPSA) is 79.1 Å². The second-order valence-electron chi connectivity index (χ2n) is 3.37. The first-order valence-electron chi connectivity index (χ1n) is 4.44. The lowest BCUT2D eigenvalue weighted by molar-refractivity contribution is 0.0652. The highest BCUT2D eigenvalue weighted by Crippen LogP contribution is 2.23. The second kappa shape index (κ2) is 3.27. The maximum Gasteiger partial charge on any atom is 0.374 e. The number of aromatic nitrogens is 2. The van der Waals surface area contributed by atoms with Gasteiger partial charge in [0.2, 0.25) is 5.76 Å². The van der Waals surface area contributed by atoms with Crippen LogP contribution in [-0.4, -0.2) is 21.2 Å². The SMILES string of the molecule is Cc1cc(-c2cc(C(=O)O)on2)c(C)[nH]1. The molecule has 2 rings (SSSR count). The number of hydrogen-bond acceptors (Lipinski definition) is 3. The minimum atomic E-state index is -1.11. The monoisotopic (exact) mass is 206 g/mol. The van der Waals surface area contributed by atoms with Crippen molar-refractivity contribution in [3.05, 3.63) is 29.3 Å². The first-order chi connectivity index (χ1) is 7.08. The molecule has 0 aliphatic rings. The molecule has 0 aliphatic heterocycles. The molecule has 0 saturated heterocycles. The summed E-state index contributed by atoms with van der Waals surface area (Å²) in [5.74, 6) is -1.26. The molecule has 5 heteroatoms. The molecular weight excluding hydrogens is 196 g/mol. The Labute approximate surface area is 85.7 Å². The van der Waals surface area contributed by atoms with Crippen LogP contribution in [0.3, 0.4) is 0 Å². The number of nitrogens with one attached hydrogen (secondary N) is 1. The molecule has 0 spiro atoms. The normalized spacial score (nSPS) is 10.5. The highest BCUT2D eigenvalue weighted by Gasteiger charge is 2.14. The molecular formula is C10H10N2O3. The van der Waals surface area contributed by atoms with E-state index in [1.165, 1.54) is 6.07 Å². The van der Waals surface area contributed by atoms with Gasteiger partial charge >= 0.3 is 5.97 Å². The van der Waals surface area contributed by atoms with E-state index in [0.717, 1.165) is 17.0 Å². The zero-order valence-corrected chi connectivity index (χ0v) is 8.37. The van der Waals surface area contributed by atoms with Crippen LogP contribution in [0.25, 0.3) is 11.3 Å². The Balaban J connectivity index is 2.45. The van der Waals surface area contributed by atoms with Gasteiger partial charge in [0, 0.05) is 23.0 Å². The summed E-state index contributed by atoms with van der Waals surface area (Å²) in [5.41, 5.74) is 3.35. The molecule has 2 N–H and O–H groups in total. The Morgan fingerprint density at radius 3 is 2.67 bits per heavy atom. The van der Waals surface area contributed by atoms with Crippen LogP contribution in [0.1, 0.15) is 21.9 Å². The van der Waals surface area contributed by atoms with Crippen molar-refractivity contribution in [2.75, 3.05) is 0 Å². The van der Waals surface area contributed by atoms with Gasteiger partial charge in [-0.05, 0) is 19.9 Å². The summed E-state index contributed by atoms with van der Waals surface area (Å²) >= 11 is 0. The molecule has 0 aromatic carbocycles. The molecule has 0 fully saturated rings. The number of nitrogens with zero attached hydrogens (tertiary/aromatic N) is 1. The zero-order valence-electron chi connectivity index (χ0n) is 8.37. The van der Waals surface area contributed by atoms with Crippen molar-refractivity contribution in [2.24, 2.45) is 0 Å². The molecule has 2 aromatic heterocycles. The summed E-state index contributed by atoms with van der Waals surface area (Å²) in [6.45, 7) is 3.83. The van der Waals surface area contributed by atoms with Crippen molar-refractivity contribution >= 4 is 5.97 Å². The van der Waals surface area contributed by atoms with Gasteiger partial charge in [-0.2, -0.15) is 0 Å². The summed E-state index contributed by atoms with van der Waals surface area (Å²) < 4.78 is 4.68. The van der Waals surface area contributed by atoms with E-state index in [1.54, 1.807) is 0 Å². The number of aryl methyl sites for hydroxylation is 2. The number of rotatable bonds is 2. The lowest BCUT2D eigenvalue weighted by Gasteiger charge is -1.89. The average molecular weight is 206 g/mol. The van der Waals surface area contributed by atoms with E-state index in [1.807, 2.05) is 19.9 Å². The molecule has 2 heterocycles. The lowest BCUT2D eigenvalue weighted by atomic mass is 10.2. The van der Waals surface area contributed by atoms with Crippen molar-refractivity contribution < 1.29 is 14.4 Å². The Morgan fingerprint density at radius 1 is 1.47 bits per heavy atom. The molecule has 78 valence electrons. The molecule has 15 heavy (non-hydrogen) atoms. The van der Waals surface area contributed by atoms with E-state index < -0.39 is 5.97 Å². The summed E-state index contributed by atoms with van der Waals surface area (Å²) in [4.78, 5) is 13.7. The fourth-order valence-corrected chi connectivity index (χ4v) is 1.49. The first-order valence-corrected chi connectivity index (χ1v) is 4.44. The maximum atomic E-state index is 10.6. The quantitative estimate of drug-likeness (QED) is 0.787. The molecule has 0 bridgehead atoms. The molecule has 5 nitrogen and oxygen atoms in total. The van der Waals surface area contributed by atoms with Gasteiger partial charge in [0.15, 0.2) is 0 Å². The number of aromatic carboxylic acids is 1.